The fourth-order valence-corrected chi connectivity index (χ4v) is 3.30. The molecule has 1 aromatic rings. The topological polar surface area (TPSA) is 46.3 Å². The van der Waals surface area contributed by atoms with Gasteiger partial charge >= 0.3 is 0 Å². The summed E-state index contributed by atoms with van der Waals surface area (Å²) >= 11 is 1.76. The first-order chi connectivity index (χ1) is 8.67. The van der Waals surface area contributed by atoms with Crippen molar-refractivity contribution in [2.45, 2.75) is 38.6 Å². The summed E-state index contributed by atoms with van der Waals surface area (Å²) in [7, 11) is 0. The predicted molar refractivity (Wildman–Crippen MR) is 76.1 cm³/mol. The van der Waals surface area contributed by atoms with Crippen molar-refractivity contribution in [3.63, 3.8) is 0 Å². The lowest BCUT2D eigenvalue weighted by atomic mass is 10.1. The van der Waals surface area contributed by atoms with Crippen LogP contribution in [0.4, 0.5) is 0 Å². The fraction of sp³-hybridized carbons (Fsp3) is 0.643. The molecular formula is C14H22N2OS. The zero-order valence-electron chi connectivity index (χ0n) is 11.0. The van der Waals surface area contributed by atoms with Crippen molar-refractivity contribution in [2.75, 3.05) is 19.6 Å². The second kappa shape index (κ2) is 6.45. The van der Waals surface area contributed by atoms with E-state index in [9.17, 15) is 4.79 Å². The first-order valence-corrected chi connectivity index (χ1v) is 7.56. The van der Waals surface area contributed by atoms with Crippen molar-refractivity contribution in [1.82, 2.24) is 4.90 Å². The van der Waals surface area contributed by atoms with Gasteiger partial charge in [-0.2, -0.15) is 0 Å². The Balaban J connectivity index is 1.78. The number of piperidine rings is 1. The number of aryl methyl sites for hydroxylation is 1. The molecule has 2 rings (SSSR count). The van der Waals surface area contributed by atoms with Gasteiger partial charge in [0, 0.05) is 35.3 Å². The molecule has 0 bridgehead atoms. The highest BCUT2D eigenvalue weighted by atomic mass is 32.1. The third kappa shape index (κ3) is 3.90. The van der Waals surface area contributed by atoms with Gasteiger partial charge in [0.25, 0.3) is 0 Å². The van der Waals surface area contributed by atoms with Gasteiger partial charge in [0.1, 0.15) is 0 Å². The van der Waals surface area contributed by atoms with E-state index >= 15 is 0 Å². The van der Waals surface area contributed by atoms with Gasteiger partial charge in [0.15, 0.2) is 5.78 Å². The third-order valence-corrected chi connectivity index (χ3v) is 4.70. The zero-order valence-corrected chi connectivity index (χ0v) is 11.8. The molecule has 2 N–H and O–H groups in total. The minimum Gasteiger partial charge on any atom is -0.328 e. The molecule has 3 nitrogen and oxygen atoms in total. The molecule has 1 fully saturated rings. The molecule has 18 heavy (non-hydrogen) atoms. The smallest absolute Gasteiger partial charge is 0.152 e. The van der Waals surface area contributed by atoms with E-state index in [0.29, 0.717) is 24.8 Å². The van der Waals surface area contributed by atoms with Crippen molar-refractivity contribution in [1.29, 1.82) is 0 Å². The molecule has 0 aliphatic carbocycles. The minimum absolute atomic E-state index is 0.329. The lowest BCUT2D eigenvalue weighted by Crippen LogP contribution is -2.42. The number of carbonyl (C=O) groups excluding carboxylic acids is 1. The standard InChI is InChI=1S/C14H22N2OS/c1-2-13-3-4-14(18-13)9-12(17)10-16-7-5-11(15)6-8-16/h3-4,11H,2,5-10,15H2,1H3. The van der Waals surface area contributed by atoms with Crippen molar-refractivity contribution in [3.05, 3.63) is 21.9 Å². The highest BCUT2D eigenvalue weighted by Gasteiger charge is 2.18. The average molecular weight is 266 g/mol. The summed E-state index contributed by atoms with van der Waals surface area (Å²) in [5.41, 5.74) is 5.86. The number of hydrogen-bond acceptors (Lipinski definition) is 4. The van der Waals surface area contributed by atoms with Crippen molar-refractivity contribution < 1.29 is 4.79 Å². The number of nitrogens with two attached hydrogens (primary N) is 1. The maximum atomic E-state index is 12.0. The lowest BCUT2D eigenvalue weighted by molar-refractivity contribution is -0.119. The van der Waals surface area contributed by atoms with Gasteiger partial charge in [-0.05, 0) is 31.4 Å². The third-order valence-electron chi connectivity index (χ3n) is 3.47. The highest BCUT2D eigenvalue weighted by Crippen LogP contribution is 2.18. The molecule has 0 aromatic carbocycles. The summed E-state index contributed by atoms with van der Waals surface area (Å²) in [5.74, 6) is 0.329. The number of nitrogens with zero attached hydrogens (tertiary/aromatic N) is 1. The Morgan fingerprint density at radius 1 is 1.39 bits per heavy atom. The maximum Gasteiger partial charge on any atom is 0.152 e. The molecular weight excluding hydrogens is 244 g/mol. The Morgan fingerprint density at radius 3 is 2.67 bits per heavy atom. The van der Waals surface area contributed by atoms with E-state index in [1.54, 1.807) is 11.3 Å². The van der Waals surface area contributed by atoms with Crippen LogP contribution in [-0.2, 0) is 17.6 Å². The molecule has 0 unspecified atom stereocenters. The summed E-state index contributed by atoms with van der Waals surface area (Å²) in [6.45, 7) is 4.68. The molecule has 100 valence electrons. The van der Waals surface area contributed by atoms with E-state index in [1.165, 1.54) is 9.75 Å². The minimum atomic E-state index is 0.329. The second-order valence-corrected chi connectivity index (χ2v) is 6.30. The van der Waals surface area contributed by atoms with Crippen molar-refractivity contribution in [3.8, 4) is 0 Å². The largest absolute Gasteiger partial charge is 0.328 e. The molecule has 0 saturated carbocycles. The highest BCUT2D eigenvalue weighted by molar-refractivity contribution is 7.12. The van der Waals surface area contributed by atoms with E-state index < -0.39 is 0 Å². The second-order valence-electron chi connectivity index (χ2n) is 5.05. The molecule has 1 aliphatic heterocycles. The predicted octanol–water partition coefficient (Wildman–Crippen LogP) is 1.85. The molecule has 0 amide bonds. The maximum absolute atomic E-state index is 12.0. The molecule has 0 radical (unpaired) electrons. The van der Waals surface area contributed by atoms with E-state index in [2.05, 4.69) is 24.0 Å². The Labute approximate surface area is 113 Å². The summed E-state index contributed by atoms with van der Waals surface area (Å²) in [6.07, 6.45) is 3.69. The Hall–Kier alpha value is -0.710. The van der Waals surface area contributed by atoms with Gasteiger partial charge in [-0.15, -0.1) is 11.3 Å². The monoisotopic (exact) mass is 266 g/mol. The SMILES string of the molecule is CCc1ccc(CC(=O)CN2CCC(N)CC2)s1. The lowest BCUT2D eigenvalue weighted by Gasteiger charge is -2.29. The van der Waals surface area contributed by atoms with Crippen LogP contribution < -0.4 is 5.73 Å². The quantitative estimate of drug-likeness (QED) is 0.884. The number of ketones is 1. The number of carbonyl (C=O) groups is 1. The van der Waals surface area contributed by atoms with Gasteiger partial charge in [0.2, 0.25) is 0 Å². The van der Waals surface area contributed by atoms with E-state index in [-0.39, 0.29) is 0 Å². The number of likely N-dealkylation sites (tertiary alicyclic amines) is 1. The molecule has 1 aliphatic rings. The van der Waals surface area contributed by atoms with E-state index in [1.807, 2.05) is 0 Å². The van der Waals surface area contributed by atoms with Crippen LogP contribution in [0.5, 0.6) is 0 Å². The number of thiophene rings is 1. The Bertz CT molecular complexity index is 394. The molecule has 1 saturated heterocycles. The zero-order chi connectivity index (χ0) is 13.0. The number of Topliss-reactive ketones (excluding diaryl/α,β-unsaturated/α-hetero) is 1. The molecule has 0 spiro atoms. The summed E-state index contributed by atoms with van der Waals surface area (Å²) in [4.78, 5) is 16.8. The fourth-order valence-electron chi connectivity index (χ4n) is 2.32. The van der Waals surface area contributed by atoms with Gasteiger partial charge in [-0.25, -0.2) is 0 Å². The molecule has 1 aromatic heterocycles. The first-order valence-electron chi connectivity index (χ1n) is 6.74. The van der Waals surface area contributed by atoms with Gasteiger partial charge in [-0.3, -0.25) is 9.69 Å². The first kappa shape index (κ1) is 13.7. The van der Waals surface area contributed by atoms with Gasteiger partial charge in [-0.1, -0.05) is 6.92 Å². The summed E-state index contributed by atoms with van der Waals surface area (Å²) in [5, 5.41) is 0. The number of hydrogen-bond donors (Lipinski definition) is 1. The van der Waals surface area contributed by atoms with Crippen LogP contribution in [0.15, 0.2) is 12.1 Å². The average Bonchev–Trinajstić information content (AvgIpc) is 2.79. The normalized spacial score (nSPS) is 18.1. The van der Waals surface area contributed by atoms with Crippen LogP contribution >= 0.6 is 11.3 Å². The molecule has 4 heteroatoms. The van der Waals surface area contributed by atoms with Gasteiger partial charge < -0.3 is 5.73 Å². The van der Waals surface area contributed by atoms with Gasteiger partial charge in [0.05, 0.1) is 6.54 Å². The molecule has 0 atom stereocenters. The van der Waals surface area contributed by atoms with Crippen LogP contribution in [-0.4, -0.2) is 36.4 Å². The van der Waals surface area contributed by atoms with Crippen LogP contribution in [0.2, 0.25) is 0 Å². The van der Waals surface area contributed by atoms with E-state index in [0.717, 1.165) is 32.4 Å². The van der Waals surface area contributed by atoms with E-state index in [4.69, 9.17) is 5.73 Å². The molecule has 2 heterocycles. The van der Waals surface area contributed by atoms with Crippen molar-refractivity contribution in [2.24, 2.45) is 5.73 Å². The number of rotatable bonds is 5. The summed E-state index contributed by atoms with van der Waals surface area (Å²) < 4.78 is 0. The Morgan fingerprint density at radius 2 is 2.06 bits per heavy atom. The Kier molecular flexibility index (Phi) is 4.92. The van der Waals surface area contributed by atoms with Crippen molar-refractivity contribution >= 4 is 17.1 Å². The van der Waals surface area contributed by atoms with Crippen LogP contribution in [0, 0.1) is 0 Å². The van der Waals surface area contributed by atoms with Crippen LogP contribution in [0.25, 0.3) is 0 Å². The van der Waals surface area contributed by atoms with Crippen LogP contribution in [0.3, 0.4) is 0 Å². The van der Waals surface area contributed by atoms with Crippen LogP contribution in [0.1, 0.15) is 29.5 Å². The summed E-state index contributed by atoms with van der Waals surface area (Å²) in [6, 6.07) is 4.56.